The Bertz CT molecular complexity index is 621. The maximum Gasteiger partial charge on any atom is 0.327 e. The number of carbonyl (C=O) groups excluding carboxylic acids is 1. The van der Waals surface area contributed by atoms with Crippen LogP contribution in [0.25, 0.3) is 0 Å². The van der Waals surface area contributed by atoms with Crippen LogP contribution in [-0.4, -0.2) is 22.1 Å². The third kappa shape index (κ3) is 3.64. The molecule has 1 amide bonds. The molecular weight excluding hydrogens is 252 g/mol. The molecule has 0 bridgehead atoms. The Morgan fingerprint density at radius 1 is 1.32 bits per heavy atom. The normalized spacial score (nSPS) is 9.58. The van der Waals surface area contributed by atoms with E-state index in [1.807, 2.05) is 0 Å². The van der Waals surface area contributed by atoms with E-state index in [1.165, 1.54) is 23.3 Å². The van der Waals surface area contributed by atoms with Crippen LogP contribution < -0.4 is 5.32 Å². The molecule has 0 saturated heterocycles. The van der Waals surface area contributed by atoms with Crippen molar-refractivity contribution >= 4 is 6.03 Å². The monoisotopic (exact) mass is 261 g/mol. The van der Waals surface area contributed by atoms with Gasteiger partial charge in [-0.3, -0.25) is 4.57 Å². The fraction of sp³-hybridized carbons (Fsp3) is 0.0769. The molecule has 0 saturated carbocycles. The molecule has 1 N–H and O–H groups in total. The molecule has 1 heterocycles. The summed E-state index contributed by atoms with van der Waals surface area (Å²) in [7, 11) is 0. The Morgan fingerprint density at radius 3 is 2.68 bits per heavy atom. The molecule has 2 rings (SSSR count). The van der Waals surface area contributed by atoms with Crippen molar-refractivity contribution in [1.29, 1.82) is 0 Å². The SMILES string of the molecule is O=C(NCC#Cc1cc(F)cc(F)c1)n1ccnc1. The lowest BCUT2D eigenvalue weighted by Crippen LogP contribution is -2.27. The topological polar surface area (TPSA) is 46.9 Å². The van der Waals surface area contributed by atoms with Gasteiger partial charge in [0, 0.05) is 24.0 Å². The Kier molecular flexibility index (Phi) is 3.88. The zero-order valence-corrected chi connectivity index (χ0v) is 9.73. The van der Waals surface area contributed by atoms with Crippen LogP contribution in [0.15, 0.2) is 36.9 Å². The zero-order chi connectivity index (χ0) is 13.7. The van der Waals surface area contributed by atoms with Crippen molar-refractivity contribution in [2.45, 2.75) is 0 Å². The Hall–Kier alpha value is -2.68. The number of halogens is 2. The molecule has 96 valence electrons. The summed E-state index contributed by atoms with van der Waals surface area (Å²) < 4.78 is 27.0. The van der Waals surface area contributed by atoms with Gasteiger partial charge in [-0.2, -0.15) is 0 Å². The summed E-state index contributed by atoms with van der Waals surface area (Å²) in [5, 5.41) is 2.51. The third-order valence-electron chi connectivity index (χ3n) is 2.16. The smallest absolute Gasteiger partial charge is 0.326 e. The van der Waals surface area contributed by atoms with Crippen molar-refractivity contribution in [1.82, 2.24) is 14.9 Å². The molecule has 0 fully saturated rings. The summed E-state index contributed by atoms with van der Waals surface area (Å²) in [5.41, 5.74) is 0.217. The number of aromatic nitrogens is 2. The number of hydrogen-bond donors (Lipinski definition) is 1. The van der Waals surface area contributed by atoms with Crippen LogP contribution in [0.1, 0.15) is 5.56 Å². The maximum atomic E-state index is 12.9. The highest BCUT2D eigenvalue weighted by molar-refractivity contribution is 5.76. The van der Waals surface area contributed by atoms with Crippen molar-refractivity contribution in [2.75, 3.05) is 6.54 Å². The van der Waals surface area contributed by atoms with E-state index in [2.05, 4.69) is 22.1 Å². The molecule has 0 spiro atoms. The number of amides is 1. The van der Waals surface area contributed by atoms with E-state index >= 15 is 0 Å². The van der Waals surface area contributed by atoms with Crippen LogP contribution in [0.2, 0.25) is 0 Å². The standard InChI is InChI=1S/C13H9F2N3O/c14-11-6-10(7-12(15)8-11)2-1-3-17-13(19)18-5-4-16-9-18/h4-9H,3H2,(H,17,19). The summed E-state index contributed by atoms with van der Waals surface area (Å²) in [6, 6.07) is 2.63. The first-order valence-electron chi connectivity index (χ1n) is 5.36. The van der Waals surface area contributed by atoms with Crippen LogP contribution in [0.5, 0.6) is 0 Å². The first kappa shape index (κ1) is 12.8. The first-order valence-corrected chi connectivity index (χ1v) is 5.36. The van der Waals surface area contributed by atoms with Gasteiger partial charge in [0.2, 0.25) is 0 Å². The van der Waals surface area contributed by atoms with Crippen molar-refractivity contribution in [3.63, 3.8) is 0 Å². The second-order valence-corrected chi connectivity index (χ2v) is 3.59. The lowest BCUT2D eigenvalue weighted by molar-refractivity contribution is 0.243. The van der Waals surface area contributed by atoms with Gasteiger partial charge in [0.25, 0.3) is 0 Å². The van der Waals surface area contributed by atoms with E-state index in [0.29, 0.717) is 0 Å². The second kappa shape index (κ2) is 5.78. The highest BCUT2D eigenvalue weighted by atomic mass is 19.1. The van der Waals surface area contributed by atoms with Gasteiger partial charge < -0.3 is 5.32 Å². The highest BCUT2D eigenvalue weighted by Gasteiger charge is 2.00. The maximum absolute atomic E-state index is 12.9. The zero-order valence-electron chi connectivity index (χ0n) is 9.73. The largest absolute Gasteiger partial charge is 0.327 e. The molecule has 0 aliphatic carbocycles. The Morgan fingerprint density at radius 2 is 2.05 bits per heavy atom. The van der Waals surface area contributed by atoms with E-state index in [1.54, 1.807) is 0 Å². The lowest BCUT2D eigenvalue weighted by Gasteiger charge is -1.99. The van der Waals surface area contributed by atoms with Crippen LogP contribution >= 0.6 is 0 Å². The number of carbonyl (C=O) groups is 1. The molecule has 0 atom stereocenters. The van der Waals surface area contributed by atoms with Crippen LogP contribution in [-0.2, 0) is 0 Å². The van der Waals surface area contributed by atoms with Crippen molar-refractivity contribution in [3.05, 3.63) is 54.1 Å². The first-order chi connectivity index (χ1) is 9.15. The Labute approximate surface area is 108 Å². The highest BCUT2D eigenvalue weighted by Crippen LogP contribution is 2.06. The van der Waals surface area contributed by atoms with E-state index in [-0.39, 0.29) is 18.1 Å². The number of nitrogens with zero attached hydrogens (tertiary/aromatic N) is 2. The van der Waals surface area contributed by atoms with Crippen molar-refractivity contribution < 1.29 is 13.6 Å². The molecular formula is C13H9F2N3O. The molecule has 4 nitrogen and oxygen atoms in total. The molecule has 0 aliphatic heterocycles. The van der Waals surface area contributed by atoms with Gasteiger partial charge in [0.15, 0.2) is 0 Å². The van der Waals surface area contributed by atoms with Gasteiger partial charge >= 0.3 is 6.03 Å². The lowest BCUT2D eigenvalue weighted by atomic mass is 10.2. The minimum absolute atomic E-state index is 0.0646. The van der Waals surface area contributed by atoms with Gasteiger partial charge in [-0.25, -0.2) is 18.6 Å². The molecule has 0 radical (unpaired) electrons. The van der Waals surface area contributed by atoms with Crippen LogP contribution in [0.4, 0.5) is 13.6 Å². The molecule has 2 aromatic rings. The van der Waals surface area contributed by atoms with E-state index in [4.69, 9.17) is 0 Å². The number of rotatable bonds is 1. The summed E-state index contributed by atoms with van der Waals surface area (Å²) in [6.45, 7) is 0.0646. The van der Waals surface area contributed by atoms with Gasteiger partial charge in [0.05, 0.1) is 6.54 Å². The fourth-order valence-electron chi connectivity index (χ4n) is 1.36. The van der Waals surface area contributed by atoms with Crippen LogP contribution in [0.3, 0.4) is 0 Å². The minimum atomic E-state index is -0.688. The molecule has 0 unspecified atom stereocenters. The van der Waals surface area contributed by atoms with Gasteiger partial charge in [-0.1, -0.05) is 11.8 Å². The number of hydrogen-bond acceptors (Lipinski definition) is 2. The fourth-order valence-corrected chi connectivity index (χ4v) is 1.36. The summed E-state index contributed by atoms with van der Waals surface area (Å²) >= 11 is 0. The molecule has 0 aliphatic rings. The summed E-state index contributed by atoms with van der Waals surface area (Å²) in [5.74, 6) is 3.78. The molecule has 1 aromatic carbocycles. The van der Waals surface area contributed by atoms with E-state index in [9.17, 15) is 13.6 Å². The number of nitrogens with one attached hydrogen (secondary N) is 1. The summed E-state index contributed by atoms with van der Waals surface area (Å²) in [4.78, 5) is 15.2. The Balaban J connectivity index is 1.93. The van der Waals surface area contributed by atoms with Gasteiger partial charge in [0.1, 0.15) is 18.0 Å². The molecule has 19 heavy (non-hydrogen) atoms. The number of imidazole rings is 1. The van der Waals surface area contributed by atoms with Crippen molar-refractivity contribution in [2.24, 2.45) is 0 Å². The van der Waals surface area contributed by atoms with Gasteiger partial charge in [-0.05, 0) is 12.1 Å². The predicted octanol–water partition coefficient (Wildman–Crippen LogP) is 1.77. The number of benzene rings is 1. The van der Waals surface area contributed by atoms with E-state index in [0.717, 1.165) is 18.2 Å². The predicted molar refractivity (Wildman–Crippen MR) is 64.3 cm³/mol. The average Bonchev–Trinajstić information content (AvgIpc) is 2.87. The van der Waals surface area contributed by atoms with Gasteiger partial charge in [-0.15, -0.1) is 0 Å². The second-order valence-electron chi connectivity index (χ2n) is 3.59. The molecule has 1 aromatic heterocycles. The molecule has 6 heteroatoms. The van der Waals surface area contributed by atoms with Crippen molar-refractivity contribution in [3.8, 4) is 11.8 Å². The van der Waals surface area contributed by atoms with Crippen LogP contribution in [0, 0.1) is 23.5 Å². The average molecular weight is 261 g/mol. The third-order valence-corrected chi connectivity index (χ3v) is 2.16. The summed E-state index contributed by atoms with van der Waals surface area (Å²) in [6.07, 6.45) is 4.32. The van der Waals surface area contributed by atoms with E-state index < -0.39 is 11.6 Å². The quantitative estimate of drug-likeness (QED) is 0.795. The minimum Gasteiger partial charge on any atom is -0.326 e.